The number of nitrogens with one attached hydrogen (secondary N) is 2. The maximum atomic E-state index is 12.4. The highest BCUT2D eigenvalue weighted by Gasteiger charge is 2.15. The lowest BCUT2D eigenvalue weighted by Crippen LogP contribution is -2.31. The van der Waals surface area contributed by atoms with Crippen molar-refractivity contribution in [1.82, 2.24) is 20.4 Å². The van der Waals surface area contributed by atoms with Gasteiger partial charge in [0.25, 0.3) is 11.5 Å². The Morgan fingerprint density at radius 1 is 1.07 bits per heavy atom. The molecule has 4 rings (SSSR count). The Labute approximate surface area is 175 Å². The highest BCUT2D eigenvalue weighted by Crippen LogP contribution is 2.16. The van der Waals surface area contributed by atoms with E-state index < -0.39 is 0 Å². The summed E-state index contributed by atoms with van der Waals surface area (Å²) in [5.41, 5.74) is 3.38. The molecule has 1 fully saturated rings. The molecule has 2 aromatic carbocycles. The van der Waals surface area contributed by atoms with Gasteiger partial charge >= 0.3 is 0 Å². The Kier molecular flexibility index (Phi) is 6.35. The first-order valence-electron chi connectivity index (χ1n) is 10.4. The molecule has 0 radical (unpaired) electrons. The van der Waals surface area contributed by atoms with E-state index in [4.69, 9.17) is 0 Å². The zero-order chi connectivity index (χ0) is 20.8. The van der Waals surface area contributed by atoms with Crippen LogP contribution in [0.3, 0.4) is 0 Å². The van der Waals surface area contributed by atoms with Crippen molar-refractivity contribution in [3.8, 4) is 11.3 Å². The lowest BCUT2D eigenvalue weighted by molar-refractivity contribution is 0.0951. The van der Waals surface area contributed by atoms with Gasteiger partial charge in [-0.15, -0.1) is 0 Å². The van der Waals surface area contributed by atoms with Crippen molar-refractivity contribution < 1.29 is 4.79 Å². The minimum absolute atomic E-state index is 0.142. The topological polar surface area (TPSA) is 76.0 Å². The first-order chi connectivity index (χ1) is 14.7. The molecule has 3 aromatic rings. The summed E-state index contributed by atoms with van der Waals surface area (Å²) in [6.07, 6.45) is 2.25. The quantitative estimate of drug-likeness (QED) is 0.637. The molecule has 2 N–H and O–H groups in total. The molecule has 1 aliphatic heterocycles. The van der Waals surface area contributed by atoms with Crippen molar-refractivity contribution in [3.05, 3.63) is 88.2 Å². The third-order valence-electron chi connectivity index (χ3n) is 5.45. The fourth-order valence-electron chi connectivity index (χ4n) is 3.76. The van der Waals surface area contributed by atoms with Crippen LogP contribution in [0.2, 0.25) is 0 Å². The number of benzene rings is 2. The first-order valence-corrected chi connectivity index (χ1v) is 10.4. The predicted octanol–water partition coefficient (Wildman–Crippen LogP) is 2.49. The fourth-order valence-corrected chi connectivity index (χ4v) is 3.76. The lowest BCUT2D eigenvalue weighted by atomic mass is 9.98. The minimum Gasteiger partial charge on any atom is -0.350 e. The van der Waals surface area contributed by atoms with Crippen molar-refractivity contribution in [2.45, 2.75) is 19.4 Å². The van der Waals surface area contributed by atoms with Gasteiger partial charge in [0.1, 0.15) is 0 Å². The van der Waals surface area contributed by atoms with Crippen LogP contribution in [0.5, 0.6) is 0 Å². The number of rotatable bonds is 7. The molecule has 0 bridgehead atoms. The number of nitrogens with zero attached hydrogens (tertiary/aromatic N) is 2. The van der Waals surface area contributed by atoms with Crippen LogP contribution < -0.4 is 16.2 Å². The molecule has 154 valence electrons. The average Bonchev–Trinajstić information content (AvgIpc) is 3.29. The average molecular weight is 402 g/mol. The summed E-state index contributed by atoms with van der Waals surface area (Å²) in [5, 5.41) is 10.7. The number of amides is 1. The molecule has 1 atom stereocenters. The molecule has 0 spiro atoms. The van der Waals surface area contributed by atoms with Crippen LogP contribution >= 0.6 is 0 Å². The van der Waals surface area contributed by atoms with Gasteiger partial charge in [0, 0.05) is 23.7 Å². The third-order valence-corrected chi connectivity index (χ3v) is 5.45. The van der Waals surface area contributed by atoms with Crippen molar-refractivity contribution in [2.24, 2.45) is 5.92 Å². The molecular formula is C24H26N4O2. The number of aromatic nitrogens is 2. The fraction of sp³-hybridized carbons (Fsp3) is 0.292. The number of carbonyl (C=O) groups excluding carboxylic acids is 1. The lowest BCUT2D eigenvalue weighted by Gasteiger charge is -2.10. The van der Waals surface area contributed by atoms with Crippen molar-refractivity contribution in [1.29, 1.82) is 0 Å². The Morgan fingerprint density at radius 3 is 2.60 bits per heavy atom. The molecule has 6 nitrogen and oxygen atoms in total. The van der Waals surface area contributed by atoms with E-state index in [9.17, 15) is 9.59 Å². The summed E-state index contributed by atoms with van der Waals surface area (Å²) in [6.45, 7) is 2.82. The number of hydrogen-bond donors (Lipinski definition) is 2. The van der Waals surface area contributed by atoms with Gasteiger partial charge in [-0.05, 0) is 55.6 Å². The van der Waals surface area contributed by atoms with Gasteiger partial charge in [-0.1, -0.05) is 42.5 Å². The first kappa shape index (κ1) is 20.0. The van der Waals surface area contributed by atoms with E-state index in [1.54, 1.807) is 6.07 Å². The largest absolute Gasteiger partial charge is 0.350 e. The molecule has 6 heteroatoms. The van der Waals surface area contributed by atoms with Crippen LogP contribution in [0.15, 0.2) is 71.5 Å². The monoisotopic (exact) mass is 402 g/mol. The standard InChI is InChI=1S/C24H26N4O2/c29-23-11-10-22(20-4-2-1-3-5-20)27-28(23)15-14-26-24(30)21-8-6-18(7-9-21)16-19-12-13-25-17-19/h1-11,19,25H,12-17H2,(H,26,30). The van der Waals surface area contributed by atoms with Crippen LogP contribution in [0.4, 0.5) is 0 Å². The maximum Gasteiger partial charge on any atom is 0.266 e. The summed E-state index contributed by atoms with van der Waals surface area (Å²) in [5.74, 6) is 0.540. The predicted molar refractivity (Wildman–Crippen MR) is 117 cm³/mol. The number of carbonyl (C=O) groups is 1. The molecule has 0 saturated carbocycles. The van der Waals surface area contributed by atoms with Gasteiger partial charge in [-0.2, -0.15) is 5.10 Å². The smallest absolute Gasteiger partial charge is 0.266 e. The van der Waals surface area contributed by atoms with Gasteiger partial charge in [0.2, 0.25) is 0 Å². The normalized spacial score (nSPS) is 15.8. The molecular weight excluding hydrogens is 376 g/mol. The summed E-state index contributed by atoms with van der Waals surface area (Å²) < 4.78 is 1.39. The van der Waals surface area contributed by atoms with E-state index >= 15 is 0 Å². The summed E-state index contributed by atoms with van der Waals surface area (Å²) in [7, 11) is 0. The zero-order valence-corrected chi connectivity index (χ0v) is 16.9. The molecule has 30 heavy (non-hydrogen) atoms. The third kappa shape index (κ3) is 5.02. The Bertz CT molecular complexity index is 1040. The van der Waals surface area contributed by atoms with E-state index in [1.807, 2.05) is 54.6 Å². The van der Waals surface area contributed by atoms with Crippen molar-refractivity contribution >= 4 is 5.91 Å². The molecule has 1 aliphatic rings. The molecule has 1 aromatic heterocycles. The van der Waals surface area contributed by atoms with E-state index in [2.05, 4.69) is 15.7 Å². The second-order valence-corrected chi connectivity index (χ2v) is 7.66. The Morgan fingerprint density at radius 2 is 1.87 bits per heavy atom. The van der Waals surface area contributed by atoms with Gasteiger partial charge in [-0.25, -0.2) is 4.68 Å². The van der Waals surface area contributed by atoms with Crippen LogP contribution in [0.25, 0.3) is 11.3 Å². The second-order valence-electron chi connectivity index (χ2n) is 7.66. The Hall–Kier alpha value is -3.25. The molecule has 1 unspecified atom stereocenters. The van der Waals surface area contributed by atoms with Gasteiger partial charge < -0.3 is 10.6 Å². The highest BCUT2D eigenvalue weighted by atomic mass is 16.1. The van der Waals surface area contributed by atoms with Crippen LogP contribution in [-0.2, 0) is 13.0 Å². The minimum atomic E-state index is -0.185. The Balaban J connectivity index is 1.32. The van der Waals surface area contributed by atoms with Crippen LogP contribution in [-0.4, -0.2) is 35.3 Å². The van der Waals surface area contributed by atoms with Gasteiger partial charge in [0.15, 0.2) is 0 Å². The second kappa shape index (κ2) is 9.50. The van der Waals surface area contributed by atoms with Crippen LogP contribution in [0, 0.1) is 5.92 Å². The van der Waals surface area contributed by atoms with E-state index in [0.29, 0.717) is 24.6 Å². The SMILES string of the molecule is O=C(NCCn1nc(-c2ccccc2)ccc1=O)c1ccc(CC2CCNC2)cc1. The summed E-state index contributed by atoms with van der Waals surface area (Å²) >= 11 is 0. The molecule has 2 heterocycles. The van der Waals surface area contributed by atoms with E-state index in [-0.39, 0.29) is 11.5 Å². The summed E-state index contributed by atoms with van der Waals surface area (Å²) in [4.78, 5) is 24.5. The zero-order valence-electron chi connectivity index (χ0n) is 16.9. The number of hydrogen-bond acceptors (Lipinski definition) is 4. The van der Waals surface area contributed by atoms with E-state index in [1.165, 1.54) is 22.7 Å². The van der Waals surface area contributed by atoms with Gasteiger partial charge in [0.05, 0.1) is 12.2 Å². The van der Waals surface area contributed by atoms with Crippen molar-refractivity contribution in [3.63, 3.8) is 0 Å². The maximum absolute atomic E-state index is 12.4. The van der Waals surface area contributed by atoms with E-state index in [0.717, 1.165) is 30.8 Å². The van der Waals surface area contributed by atoms with Crippen LogP contribution in [0.1, 0.15) is 22.3 Å². The molecule has 0 aliphatic carbocycles. The van der Waals surface area contributed by atoms with Crippen molar-refractivity contribution in [2.75, 3.05) is 19.6 Å². The molecule has 1 amide bonds. The summed E-state index contributed by atoms with van der Waals surface area (Å²) in [6, 6.07) is 20.7. The highest BCUT2D eigenvalue weighted by molar-refractivity contribution is 5.94. The van der Waals surface area contributed by atoms with Gasteiger partial charge in [-0.3, -0.25) is 9.59 Å². The molecule has 1 saturated heterocycles.